The van der Waals surface area contributed by atoms with Gasteiger partial charge in [-0.05, 0) is 23.5 Å². The number of rotatable bonds is 3. The first-order chi connectivity index (χ1) is 8.25. The van der Waals surface area contributed by atoms with Gasteiger partial charge in [-0.2, -0.15) is 0 Å². The van der Waals surface area contributed by atoms with E-state index in [2.05, 4.69) is 30.1 Å². The van der Waals surface area contributed by atoms with Gasteiger partial charge in [0.2, 0.25) is 0 Å². The number of hydrogen-bond acceptors (Lipinski definition) is 2. The third-order valence-electron chi connectivity index (χ3n) is 2.87. The zero-order valence-electron chi connectivity index (χ0n) is 10.1. The van der Waals surface area contributed by atoms with Gasteiger partial charge in [-0.3, -0.25) is 4.99 Å². The summed E-state index contributed by atoms with van der Waals surface area (Å²) in [5.41, 5.74) is 8.35. The summed E-state index contributed by atoms with van der Waals surface area (Å²) in [6.07, 6.45) is 8.96. The SMILES string of the molecule is CC1C=CC=C(C(N)/N=C/c2ccccc2)C1. The highest BCUT2D eigenvalue weighted by molar-refractivity contribution is 5.79. The molecule has 88 valence electrons. The largest absolute Gasteiger partial charge is 0.306 e. The Balaban J connectivity index is 2.02. The highest BCUT2D eigenvalue weighted by atomic mass is 14.9. The Labute approximate surface area is 103 Å². The zero-order valence-corrected chi connectivity index (χ0v) is 10.1. The molecule has 0 amide bonds. The van der Waals surface area contributed by atoms with Crippen LogP contribution in [0.3, 0.4) is 0 Å². The average molecular weight is 226 g/mol. The van der Waals surface area contributed by atoms with E-state index < -0.39 is 0 Å². The maximum absolute atomic E-state index is 6.06. The lowest BCUT2D eigenvalue weighted by molar-refractivity contribution is 0.649. The quantitative estimate of drug-likeness (QED) is 0.791. The Bertz CT molecular complexity index is 443. The van der Waals surface area contributed by atoms with Gasteiger partial charge in [-0.1, -0.05) is 55.5 Å². The first-order valence-electron chi connectivity index (χ1n) is 5.97. The number of nitrogens with zero attached hydrogens (tertiary/aromatic N) is 1. The summed E-state index contributed by atoms with van der Waals surface area (Å²) in [7, 11) is 0. The molecule has 0 saturated heterocycles. The molecule has 0 aliphatic heterocycles. The minimum Gasteiger partial charge on any atom is -0.306 e. The molecule has 2 atom stereocenters. The van der Waals surface area contributed by atoms with Crippen LogP contribution in [0, 0.1) is 5.92 Å². The standard InChI is InChI=1S/C15H18N2/c1-12-6-5-9-14(10-12)15(16)17-11-13-7-3-2-4-8-13/h2-9,11-12,15H,10,16H2,1H3/b17-11+. The van der Waals surface area contributed by atoms with Crippen LogP contribution in [0.25, 0.3) is 0 Å². The molecule has 0 saturated carbocycles. The Morgan fingerprint density at radius 3 is 2.82 bits per heavy atom. The molecule has 0 aromatic heterocycles. The van der Waals surface area contributed by atoms with Crippen LogP contribution in [-0.4, -0.2) is 12.4 Å². The molecule has 2 heteroatoms. The van der Waals surface area contributed by atoms with Crippen molar-refractivity contribution in [1.82, 2.24) is 0 Å². The van der Waals surface area contributed by atoms with Gasteiger partial charge in [0, 0.05) is 6.21 Å². The molecule has 1 aliphatic carbocycles. The smallest absolute Gasteiger partial charge is 0.119 e. The van der Waals surface area contributed by atoms with Crippen LogP contribution in [-0.2, 0) is 0 Å². The maximum atomic E-state index is 6.06. The van der Waals surface area contributed by atoms with Gasteiger partial charge in [-0.25, -0.2) is 0 Å². The molecule has 2 nitrogen and oxygen atoms in total. The number of aliphatic imine (C=N–C) groups is 1. The van der Waals surface area contributed by atoms with Gasteiger partial charge in [-0.15, -0.1) is 0 Å². The lowest BCUT2D eigenvalue weighted by atomic mass is 9.94. The van der Waals surface area contributed by atoms with Crippen molar-refractivity contribution in [3.63, 3.8) is 0 Å². The van der Waals surface area contributed by atoms with E-state index in [1.54, 1.807) is 0 Å². The molecule has 0 fully saturated rings. The summed E-state index contributed by atoms with van der Waals surface area (Å²) in [6, 6.07) is 10.0. The van der Waals surface area contributed by atoms with E-state index in [4.69, 9.17) is 5.73 Å². The van der Waals surface area contributed by atoms with Gasteiger partial charge in [0.15, 0.2) is 0 Å². The fourth-order valence-corrected chi connectivity index (χ4v) is 1.90. The van der Waals surface area contributed by atoms with Crippen LogP contribution in [0.5, 0.6) is 0 Å². The minimum absolute atomic E-state index is 0.220. The Morgan fingerprint density at radius 1 is 1.35 bits per heavy atom. The highest BCUT2D eigenvalue weighted by Gasteiger charge is 2.11. The first-order valence-corrected chi connectivity index (χ1v) is 5.97. The van der Waals surface area contributed by atoms with Crippen molar-refractivity contribution in [2.75, 3.05) is 0 Å². The third-order valence-corrected chi connectivity index (χ3v) is 2.87. The van der Waals surface area contributed by atoms with Crippen molar-refractivity contribution in [2.45, 2.75) is 19.5 Å². The second-order valence-electron chi connectivity index (χ2n) is 4.44. The molecule has 1 aromatic rings. The highest BCUT2D eigenvalue weighted by Crippen LogP contribution is 2.20. The summed E-state index contributed by atoms with van der Waals surface area (Å²) < 4.78 is 0. The molecule has 0 radical (unpaired) electrons. The second-order valence-corrected chi connectivity index (χ2v) is 4.44. The Hall–Kier alpha value is -1.67. The molecule has 17 heavy (non-hydrogen) atoms. The first kappa shape index (κ1) is 11.8. The molecule has 2 unspecified atom stereocenters. The van der Waals surface area contributed by atoms with Gasteiger partial charge < -0.3 is 5.73 Å². The fourth-order valence-electron chi connectivity index (χ4n) is 1.90. The topological polar surface area (TPSA) is 38.4 Å². The third kappa shape index (κ3) is 3.40. The number of benzene rings is 1. The molecule has 1 aromatic carbocycles. The normalized spacial score (nSPS) is 21.5. The summed E-state index contributed by atoms with van der Waals surface area (Å²) in [4.78, 5) is 4.40. The van der Waals surface area contributed by atoms with Gasteiger partial charge in [0.05, 0.1) is 0 Å². The average Bonchev–Trinajstić information content (AvgIpc) is 2.37. The summed E-state index contributed by atoms with van der Waals surface area (Å²) >= 11 is 0. The number of hydrogen-bond donors (Lipinski definition) is 1. The van der Waals surface area contributed by atoms with E-state index in [-0.39, 0.29) is 6.17 Å². The summed E-state index contributed by atoms with van der Waals surface area (Å²) in [5, 5.41) is 0. The van der Waals surface area contributed by atoms with Crippen molar-refractivity contribution in [3.05, 3.63) is 59.7 Å². The van der Waals surface area contributed by atoms with E-state index in [1.165, 1.54) is 5.57 Å². The molecule has 1 aliphatic rings. The minimum atomic E-state index is -0.220. The maximum Gasteiger partial charge on any atom is 0.119 e. The molecule has 2 N–H and O–H groups in total. The predicted molar refractivity (Wildman–Crippen MR) is 73.0 cm³/mol. The molecular formula is C15H18N2. The van der Waals surface area contributed by atoms with Crippen LogP contribution < -0.4 is 5.73 Å². The zero-order chi connectivity index (χ0) is 12.1. The van der Waals surface area contributed by atoms with E-state index >= 15 is 0 Å². The predicted octanol–water partition coefficient (Wildman–Crippen LogP) is 2.91. The number of nitrogens with two attached hydrogens (primary N) is 1. The molecule has 0 spiro atoms. The lowest BCUT2D eigenvalue weighted by Crippen LogP contribution is -2.22. The van der Waals surface area contributed by atoms with Crippen molar-refractivity contribution in [1.29, 1.82) is 0 Å². The van der Waals surface area contributed by atoms with E-state index in [9.17, 15) is 0 Å². The lowest BCUT2D eigenvalue weighted by Gasteiger charge is -2.17. The monoisotopic (exact) mass is 226 g/mol. The van der Waals surface area contributed by atoms with Crippen LogP contribution in [0.4, 0.5) is 0 Å². The fraction of sp³-hybridized carbons (Fsp3) is 0.267. The van der Waals surface area contributed by atoms with E-state index in [0.717, 1.165) is 12.0 Å². The van der Waals surface area contributed by atoms with Gasteiger partial charge in [0.25, 0.3) is 0 Å². The van der Waals surface area contributed by atoms with Crippen molar-refractivity contribution >= 4 is 6.21 Å². The van der Waals surface area contributed by atoms with Crippen molar-refractivity contribution in [2.24, 2.45) is 16.6 Å². The van der Waals surface area contributed by atoms with Gasteiger partial charge >= 0.3 is 0 Å². The molecule has 2 rings (SSSR count). The van der Waals surface area contributed by atoms with E-state index in [1.807, 2.05) is 36.5 Å². The molecule has 0 heterocycles. The van der Waals surface area contributed by atoms with Gasteiger partial charge in [0.1, 0.15) is 6.17 Å². The Morgan fingerprint density at radius 2 is 2.12 bits per heavy atom. The van der Waals surface area contributed by atoms with Crippen LogP contribution in [0.1, 0.15) is 18.9 Å². The van der Waals surface area contributed by atoms with Crippen molar-refractivity contribution in [3.8, 4) is 0 Å². The second kappa shape index (κ2) is 5.60. The molecular weight excluding hydrogens is 208 g/mol. The van der Waals surface area contributed by atoms with Crippen molar-refractivity contribution < 1.29 is 0 Å². The van der Waals surface area contributed by atoms with Crippen LogP contribution >= 0.6 is 0 Å². The van der Waals surface area contributed by atoms with Crippen LogP contribution in [0.15, 0.2) is 59.1 Å². The number of allylic oxidation sites excluding steroid dienone is 3. The Kier molecular flexibility index (Phi) is 3.89. The molecule has 0 bridgehead atoms. The summed E-state index contributed by atoms with van der Waals surface area (Å²) in [5.74, 6) is 0.563. The summed E-state index contributed by atoms with van der Waals surface area (Å²) in [6.45, 7) is 2.19. The van der Waals surface area contributed by atoms with E-state index in [0.29, 0.717) is 5.92 Å². The van der Waals surface area contributed by atoms with Crippen LogP contribution in [0.2, 0.25) is 0 Å².